The number of aliphatic hydroxyl groups is 1. The van der Waals surface area contributed by atoms with E-state index in [4.69, 9.17) is 5.11 Å². The van der Waals surface area contributed by atoms with Crippen molar-refractivity contribution in [2.24, 2.45) is 5.41 Å². The van der Waals surface area contributed by atoms with E-state index < -0.39 is 10.0 Å². The zero-order valence-electron chi connectivity index (χ0n) is 9.77. The topological polar surface area (TPSA) is 66.4 Å². The maximum absolute atomic E-state index is 12.0. The molecule has 1 aliphatic rings. The highest BCUT2D eigenvalue weighted by Gasteiger charge is 2.41. The van der Waals surface area contributed by atoms with Crippen LogP contribution in [0.2, 0.25) is 0 Å². The van der Waals surface area contributed by atoms with E-state index in [1.54, 1.807) is 5.38 Å². The monoisotopic (exact) mass is 275 g/mol. The summed E-state index contributed by atoms with van der Waals surface area (Å²) < 4.78 is 26.6. The molecule has 96 valence electrons. The van der Waals surface area contributed by atoms with Gasteiger partial charge in [0, 0.05) is 16.8 Å². The Hall–Kier alpha value is -0.430. The van der Waals surface area contributed by atoms with E-state index in [-0.39, 0.29) is 16.9 Å². The Bertz CT molecular complexity index is 489. The summed E-state index contributed by atoms with van der Waals surface area (Å²) in [5.74, 6) is 0. The third kappa shape index (κ3) is 2.88. The third-order valence-corrected chi connectivity index (χ3v) is 5.89. The quantitative estimate of drug-likeness (QED) is 0.830. The number of sulfonamides is 1. The lowest BCUT2D eigenvalue weighted by Gasteiger charge is -2.12. The van der Waals surface area contributed by atoms with Crippen LogP contribution in [0.4, 0.5) is 0 Å². The summed E-state index contributed by atoms with van der Waals surface area (Å²) in [6.45, 7) is 2.50. The van der Waals surface area contributed by atoms with Gasteiger partial charge in [-0.2, -0.15) is 0 Å². The normalized spacial score (nSPS) is 18.2. The number of hydrogen-bond acceptors (Lipinski definition) is 4. The van der Waals surface area contributed by atoms with Crippen LogP contribution in [-0.4, -0.2) is 20.1 Å². The molecule has 1 aliphatic carbocycles. The minimum Gasteiger partial charge on any atom is -0.391 e. The van der Waals surface area contributed by atoms with Gasteiger partial charge in [0.25, 0.3) is 0 Å². The van der Waals surface area contributed by atoms with Gasteiger partial charge in [0.1, 0.15) is 0 Å². The standard InChI is InChI=1S/C11H17NO3S2/c1-2-11(3-4-11)8-12-17(14,15)10-5-9(6-13)16-7-10/h5,7,12-13H,2-4,6,8H2,1H3. The lowest BCUT2D eigenvalue weighted by atomic mass is 10.1. The molecule has 0 aliphatic heterocycles. The summed E-state index contributed by atoms with van der Waals surface area (Å²) in [5.41, 5.74) is 0.197. The van der Waals surface area contributed by atoms with Crippen molar-refractivity contribution in [2.45, 2.75) is 37.7 Å². The Morgan fingerprint density at radius 2 is 2.24 bits per heavy atom. The summed E-state index contributed by atoms with van der Waals surface area (Å²) >= 11 is 1.26. The molecule has 1 aromatic rings. The Balaban J connectivity index is 2.03. The molecule has 1 heterocycles. The molecule has 0 unspecified atom stereocenters. The molecular weight excluding hydrogens is 258 g/mol. The average Bonchev–Trinajstić information content (AvgIpc) is 2.94. The van der Waals surface area contributed by atoms with Gasteiger partial charge in [-0.1, -0.05) is 6.92 Å². The van der Waals surface area contributed by atoms with Gasteiger partial charge < -0.3 is 5.11 Å². The van der Waals surface area contributed by atoms with Crippen LogP contribution in [0.3, 0.4) is 0 Å². The SMILES string of the molecule is CCC1(CNS(=O)(=O)c2csc(CO)c2)CC1. The maximum atomic E-state index is 12.0. The zero-order valence-corrected chi connectivity index (χ0v) is 11.4. The van der Waals surface area contributed by atoms with Gasteiger partial charge in [0.2, 0.25) is 10.0 Å². The zero-order chi connectivity index (χ0) is 12.5. The minimum atomic E-state index is -3.40. The van der Waals surface area contributed by atoms with Gasteiger partial charge in [0.05, 0.1) is 11.5 Å². The minimum absolute atomic E-state index is 0.112. The number of thiophene rings is 1. The molecule has 0 atom stereocenters. The van der Waals surface area contributed by atoms with Gasteiger partial charge in [-0.15, -0.1) is 11.3 Å². The number of rotatable bonds is 6. The van der Waals surface area contributed by atoms with Gasteiger partial charge in [-0.05, 0) is 30.7 Å². The van der Waals surface area contributed by atoms with E-state index in [2.05, 4.69) is 11.6 Å². The summed E-state index contributed by atoms with van der Waals surface area (Å²) in [6.07, 6.45) is 3.23. The highest BCUT2D eigenvalue weighted by Crippen LogP contribution is 2.48. The molecule has 2 rings (SSSR count). The van der Waals surface area contributed by atoms with Gasteiger partial charge >= 0.3 is 0 Å². The summed E-state index contributed by atoms with van der Waals surface area (Å²) in [7, 11) is -3.40. The second kappa shape index (κ2) is 4.68. The fraction of sp³-hybridized carbons (Fsp3) is 0.636. The smallest absolute Gasteiger partial charge is 0.241 e. The second-order valence-electron chi connectivity index (χ2n) is 4.58. The van der Waals surface area contributed by atoms with Crippen molar-refractivity contribution >= 4 is 21.4 Å². The van der Waals surface area contributed by atoms with Crippen molar-refractivity contribution in [1.82, 2.24) is 4.72 Å². The average molecular weight is 275 g/mol. The predicted molar refractivity (Wildman–Crippen MR) is 67.4 cm³/mol. The Morgan fingerprint density at radius 1 is 1.53 bits per heavy atom. The van der Waals surface area contributed by atoms with Crippen molar-refractivity contribution in [3.05, 3.63) is 16.3 Å². The van der Waals surface area contributed by atoms with E-state index >= 15 is 0 Å². The Labute approximate surface area is 106 Å². The number of aliphatic hydroxyl groups excluding tert-OH is 1. The van der Waals surface area contributed by atoms with Gasteiger partial charge in [0.15, 0.2) is 0 Å². The molecule has 0 radical (unpaired) electrons. The molecule has 0 aromatic carbocycles. The molecule has 6 heteroatoms. The van der Waals surface area contributed by atoms with Crippen LogP contribution >= 0.6 is 11.3 Å². The highest BCUT2D eigenvalue weighted by molar-refractivity contribution is 7.89. The van der Waals surface area contributed by atoms with Crippen LogP contribution in [0.5, 0.6) is 0 Å². The van der Waals surface area contributed by atoms with Crippen molar-refractivity contribution < 1.29 is 13.5 Å². The third-order valence-electron chi connectivity index (χ3n) is 3.44. The summed E-state index contributed by atoms with van der Waals surface area (Å²) in [4.78, 5) is 0.931. The van der Waals surface area contributed by atoms with E-state index in [0.29, 0.717) is 11.4 Å². The first-order valence-corrected chi connectivity index (χ1v) is 8.05. The molecular formula is C11H17NO3S2. The fourth-order valence-electron chi connectivity index (χ4n) is 1.75. The Kier molecular flexibility index (Phi) is 3.58. The van der Waals surface area contributed by atoms with E-state index in [9.17, 15) is 8.42 Å². The molecule has 4 nitrogen and oxygen atoms in total. The number of hydrogen-bond donors (Lipinski definition) is 2. The van der Waals surface area contributed by atoms with Crippen molar-refractivity contribution in [3.63, 3.8) is 0 Å². The Morgan fingerprint density at radius 3 is 2.71 bits per heavy atom. The van der Waals surface area contributed by atoms with E-state index in [0.717, 1.165) is 19.3 Å². The molecule has 2 N–H and O–H groups in total. The van der Waals surface area contributed by atoms with Crippen LogP contribution in [0.1, 0.15) is 31.1 Å². The fourth-order valence-corrected chi connectivity index (χ4v) is 4.04. The first-order valence-electron chi connectivity index (χ1n) is 5.69. The molecule has 0 saturated heterocycles. The maximum Gasteiger partial charge on any atom is 0.241 e. The summed E-state index contributed by atoms with van der Waals surface area (Å²) in [5, 5.41) is 10.5. The lowest BCUT2D eigenvalue weighted by molar-refractivity contribution is 0.285. The predicted octanol–water partition coefficient (Wildman–Crippen LogP) is 1.71. The summed E-state index contributed by atoms with van der Waals surface area (Å²) in [6, 6.07) is 1.53. The van der Waals surface area contributed by atoms with Gasteiger partial charge in [-0.3, -0.25) is 0 Å². The molecule has 0 bridgehead atoms. The van der Waals surface area contributed by atoms with E-state index in [1.165, 1.54) is 17.4 Å². The molecule has 1 aromatic heterocycles. The van der Waals surface area contributed by atoms with Crippen LogP contribution < -0.4 is 4.72 Å². The van der Waals surface area contributed by atoms with Crippen molar-refractivity contribution in [1.29, 1.82) is 0 Å². The first-order chi connectivity index (χ1) is 8.01. The molecule has 1 fully saturated rings. The van der Waals surface area contributed by atoms with Crippen LogP contribution in [0.15, 0.2) is 16.3 Å². The molecule has 1 saturated carbocycles. The molecule has 17 heavy (non-hydrogen) atoms. The van der Waals surface area contributed by atoms with Crippen LogP contribution in [-0.2, 0) is 16.6 Å². The second-order valence-corrected chi connectivity index (χ2v) is 7.35. The van der Waals surface area contributed by atoms with Crippen molar-refractivity contribution in [3.8, 4) is 0 Å². The van der Waals surface area contributed by atoms with Crippen molar-refractivity contribution in [2.75, 3.05) is 6.54 Å². The van der Waals surface area contributed by atoms with Crippen LogP contribution in [0.25, 0.3) is 0 Å². The lowest BCUT2D eigenvalue weighted by Crippen LogP contribution is -2.29. The van der Waals surface area contributed by atoms with Crippen LogP contribution in [0, 0.1) is 5.41 Å². The molecule has 0 amide bonds. The largest absolute Gasteiger partial charge is 0.391 e. The highest BCUT2D eigenvalue weighted by atomic mass is 32.2. The van der Waals surface area contributed by atoms with Gasteiger partial charge in [-0.25, -0.2) is 13.1 Å². The first kappa shape index (κ1) is 13.0. The number of nitrogens with one attached hydrogen (secondary N) is 1. The molecule has 0 spiro atoms. The van der Waals surface area contributed by atoms with E-state index in [1.807, 2.05) is 0 Å².